The third-order valence-corrected chi connectivity index (χ3v) is 4.70. The number of hydrogen-bond donors (Lipinski definition) is 1. The largest absolute Gasteiger partial charge is 0.345 e. The van der Waals surface area contributed by atoms with Crippen molar-refractivity contribution in [2.45, 2.75) is 31.7 Å². The van der Waals surface area contributed by atoms with Gasteiger partial charge >= 0.3 is 0 Å². The van der Waals surface area contributed by atoms with E-state index >= 15 is 0 Å². The van der Waals surface area contributed by atoms with Gasteiger partial charge in [0.1, 0.15) is 12.1 Å². The van der Waals surface area contributed by atoms with Gasteiger partial charge in [-0.05, 0) is 48.6 Å². The molecule has 1 aliphatic carbocycles. The molecule has 24 heavy (non-hydrogen) atoms. The molecule has 1 amide bonds. The van der Waals surface area contributed by atoms with Crippen LogP contribution < -0.4 is 5.32 Å². The van der Waals surface area contributed by atoms with Crippen LogP contribution in [0.2, 0.25) is 0 Å². The molecule has 0 radical (unpaired) electrons. The number of benzene rings is 2. The summed E-state index contributed by atoms with van der Waals surface area (Å²) in [7, 11) is 0. The minimum absolute atomic E-state index is 0.119. The SMILES string of the molecule is O=Cc1ccc(C(=O)NC(c2ccc(F)cc2)C2CCCC2)cc1. The summed E-state index contributed by atoms with van der Waals surface area (Å²) in [5.74, 6) is -0.0815. The van der Waals surface area contributed by atoms with Gasteiger partial charge in [-0.2, -0.15) is 0 Å². The lowest BCUT2D eigenvalue weighted by molar-refractivity contribution is 0.0921. The molecule has 3 rings (SSSR count). The van der Waals surface area contributed by atoms with E-state index in [1.54, 1.807) is 36.4 Å². The molecule has 1 aliphatic rings. The van der Waals surface area contributed by atoms with Crippen LogP contribution in [-0.4, -0.2) is 12.2 Å². The summed E-state index contributed by atoms with van der Waals surface area (Å²) in [4.78, 5) is 23.3. The normalized spacial score (nSPS) is 15.9. The monoisotopic (exact) mass is 325 g/mol. The molecule has 4 heteroatoms. The van der Waals surface area contributed by atoms with Crippen LogP contribution in [0.25, 0.3) is 0 Å². The molecule has 1 fully saturated rings. The zero-order valence-corrected chi connectivity index (χ0v) is 13.4. The van der Waals surface area contributed by atoms with Crippen molar-refractivity contribution in [2.75, 3.05) is 0 Å². The van der Waals surface area contributed by atoms with Gasteiger partial charge < -0.3 is 5.32 Å². The summed E-state index contributed by atoms with van der Waals surface area (Å²) in [6.45, 7) is 0. The zero-order chi connectivity index (χ0) is 16.9. The molecule has 1 unspecified atom stereocenters. The fraction of sp³-hybridized carbons (Fsp3) is 0.300. The Balaban J connectivity index is 1.81. The van der Waals surface area contributed by atoms with Crippen LogP contribution in [-0.2, 0) is 0 Å². The van der Waals surface area contributed by atoms with Gasteiger partial charge in [-0.3, -0.25) is 9.59 Å². The van der Waals surface area contributed by atoms with Crippen molar-refractivity contribution in [3.8, 4) is 0 Å². The van der Waals surface area contributed by atoms with E-state index in [9.17, 15) is 14.0 Å². The Hall–Kier alpha value is -2.49. The zero-order valence-electron chi connectivity index (χ0n) is 13.4. The highest BCUT2D eigenvalue weighted by Crippen LogP contribution is 2.36. The fourth-order valence-corrected chi connectivity index (χ4v) is 3.37. The van der Waals surface area contributed by atoms with Crippen LogP contribution in [0.1, 0.15) is 58.0 Å². The van der Waals surface area contributed by atoms with Crippen LogP contribution in [0.5, 0.6) is 0 Å². The maximum atomic E-state index is 13.2. The Morgan fingerprint density at radius 3 is 2.25 bits per heavy atom. The standard InChI is InChI=1S/C20H20FNO2/c21-18-11-9-16(10-12-18)19(15-3-1-2-4-15)22-20(24)17-7-5-14(13-23)6-8-17/h5-13,15,19H,1-4H2,(H,22,24). The van der Waals surface area contributed by atoms with Crippen molar-refractivity contribution in [1.29, 1.82) is 0 Å². The van der Waals surface area contributed by atoms with Crippen molar-refractivity contribution < 1.29 is 14.0 Å². The molecule has 0 bridgehead atoms. The van der Waals surface area contributed by atoms with Crippen LogP contribution in [0.4, 0.5) is 4.39 Å². The average molecular weight is 325 g/mol. The van der Waals surface area contributed by atoms with E-state index in [-0.39, 0.29) is 17.8 Å². The van der Waals surface area contributed by atoms with E-state index in [1.807, 2.05) is 0 Å². The molecule has 124 valence electrons. The summed E-state index contributed by atoms with van der Waals surface area (Å²) < 4.78 is 13.2. The van der Waals surface area contributed by atoms with E-state index < -0.39 is 0 Å². The van der Waals surface area contributed by atoms with Gasteiger partial charge in [-0.1, -0.05) is 37.1 Å². The molecule has 0 heterocycles. The molecule has 1 N–H and O–H groups in total. The highest BCUT2D eigenvalue weighted by molar-refractivity contribution is 5.95. The smallest absolute Gasteiger partial charge is 0.251 e. The molecular formula is C20H20FNO2. The van der Waals surface area contributed by atoms with Crippen molar-refractivity contribution in [3.05, 3.63) is 71.0 Å². The molecular weight excluding hydrogens is 305 g/mol. The Morgan fingerprint density at radius 1 is 1.04 bits per heavy atom. The van der Waals surface area contributed by atoms with Gasteiger partial charge in [0.25, 0.3) is 5.91 Å². The maximum Gasteiger partial charge on any atom is 0.251 e. The summed E-state index contributed by atoms with van der Waals surface area (Å²) in [6, 6.07) is 12.8. The van der Waals surface area contributed by atoms with Crippen molar-refractivity contribution in [2.24, 2.45) is 5.92 Å². The number of carbonyl (C=O) groups excluding carboxylic acids is 2. The topological polar surface area (TPSA) is 46.2 Å². The number of amides is 1. The Bertz CT molecular complexity index is 703. The predicted molar refractivity (Wildman–Crippen MR) is 90.4 cm³/mol. The first kappa shape index (κ1) is 16.4. The van der Waals surface area contributed by atoms with Crippen molar-refractivity contribution in [1.82, 2.24) is 5.32 Å². The first-order valence-electron chi connectivity index (χ1n) is 8.29. The minimum atomic E-state index is -0.278. The quantitative estimate of drug-likeness (QED) is 0.833. The van der Waals surface area contributed by atoms with Gasteiger partial charge in [0, 0.05) is 11.1 Å². The molecule has 0 aliphatic heterocycles. The number of carbonyl (C=O) groups is 2. The van der Waals surface area contributed by atoms with Crippen molar-refractivity contribution >= 4 is 12.2 Å². The first-order chi connectivity index (χ1) is 11.7. The van der Waals surface area contributed by atoms with Crippen molar-refractivity contribution in [3.63, 3.8) is 0 Å². The number of aldehydes is 1. The fourth-order valence-electron chi connectivity index (χ4n) is 3.37. The second kappa shape index (κ2) is 7.39. The highest BCUT2D eigenvalue weighted by atomic mass is 19.1. The number of halogens is 1. The van der Waals surface area contributed by atoms with Crippen LogP contribution in [0.15, 0.2) is 48.5 Å². The number of rotatable bonds is 5. The molecule has 2 aromatic rings. The van der Waals surface area contributed by atoms with Gasteiger partial charge in [0.2, 0.25) is 0 Å². The Labute approximate surface area is 140 Å². The minimum Gasteiger partial charge on any atom is -0.345 e. The van der Waals surface area contributed by atoms with Gasteiger partial charge in [-0.25, -0.2) is 4.39 Å². The van der Waals surface area contributed by atoms with E-state index in [2.05, 4.69) is 5.32 Å². The van der Waals surface area contributed by atoms with Gasteiger partial charge in [0.15, 0.2) is 0 Å². The third kappa shape index (κ3) is 3.70. The van der Waals surface area contributed by atoms with Gasteiger partial charge in [0.05, 0.1) is 6.04 Å². The molecule has 0 saturated heterocycles. The molecule has 3 nitrogen and oxygen atoms in total. The predicted octanol–water partition coefficient (Wildman–Crippen LogP) is 4.30. The lowest BCUT2D eigenvalue weighted by atomic mass is 9.91. The number of nitrogens with one attached hydrogen (secondary N) is 1. The average Bonchev–Trinajstić information content (AvgIpc) is 3.15. The van der Waals surface area contributed by atoms with Crippen LogP contribution >= 0.6 is 0 Å². The van der Waals surface area contributed by atoms with E-state index in [4.69, 9.17) is 0 Å². The van der Waals surface area contributed by atoms with Gasteiger partial charge in [-0.15, -0.1) is 0 Å². The summed E-state index contributed by atoms with van der Waals surface area (Å²) in [6.07, 6.45) is 5.19. The lowest BCUT2D eigenvalue weighted by Gasteiger charge is -2.25. The lowest BCUT2D eigenvalue weighted by Crippen LogP contribution is -2.32. The number of hydrogen-bond acceptors (Lipinski definition) is 2. The molecule has 1 saturated carbocycles. The van der Waals surface area contributed by atoms with Crippen LogP contribution in [0, 0.1) is 11.7 Å². The molecule has 0 aromatic heterocycles. The Kier molecular flexibility index (Phi) is 5.04. The summed E-state index contributed by atoms with van der Waals surface area (Å²) >= 11 is 0. The second-order valence-corrected chi connectivity index (χ2v) is 6.29. The first-order valence-corrected chi connectivity index (χ1v) is 8.29. The van der Waals surface area contributed by atoms with Crippen LogP contribution in [0.3, 0.4) is 0 Å². The summed E-state index contributed by atoms with van der Waals surface area (Å²) in [5.41, 5.74) is 1.99. The Morgan fingerprint density at radius 2 is 1.67 bits per heavy atom. The van der Waals surface area contributed by atoms with E-state index in [1.165, 1.54) is 12.1 Å². The summed E-state index contributed by atoms with van der Waals surface area (Å²) in [5, 5.41) is 3.10. The van der Waals surface area contributed by atoms with E-state index in [0.29, 0.717) is 17.0 Å². The molecule has 2 aromatic carbocycles. The highest BCUT2D eigenvalue weighted by Gasteiger charge is 2.28. The molecule has 1 atom stereocenters. The maximum absolute atomic E-state index is 13.2. The molecule has 0 spiro atoms. The second-order valence-electron chi connectivity index (χ2n) is 6.29. The third-order valence-electron chi connectivity index (χ3n) is 4.70. The van der Waals surface area contributed by atoms with E-state index in [0.717, 1.165) is 37.5 Å².